The van der Waals surface area contributed by atoms with Gasteiger partial charge in [-0.2, -0.15) is 5.10 Å². The van der Waals surface area contributed by atoms with Gasteiger partial charge in [0.2, 0.25) is 0 Å². The lowest BCUT2D eigenvalue weighted by Gasteiger charge is -2.13. The van der Waals surface area contributed by atoms with E-state index in [-0.39, 0.29) is 12.1 Å². The zero-order valence-corrected chi connectivity index (χ0v) is 10.9. The molecule has 0 aliphatic heterocycles. The molecule has 1 aromatic heterocycles. The van der Waals surface area contributed by atoms with Crippen LogP contribution in [0.3, 0.4) is 0 Å². The lowest BCUT2D eigenvalue weighted by atomic mass is 10.2. The second-order valence-electron chi connectivity index (χ2n) is 4.18. The number of hydrogen-bond donors (Lipinski definition) is 0. The molecule has 0 spiro atoms. The molecule has 1 atom stereocenters. The molecule has 1 aromatic carbocycles. The van der Waals surface area contributed by atoms with Crippen molar-refractivity contribution in [1.82, 2.24) is 9.78 Å². The van der Waals surface area contributed by atoms with Gasteiger partial charge in [-0.15, -0.1) is 0 Å². The molecule has 5 heteroatoms. The summed E-state index contributed by atoms with van der Waals surface area (Å²) in [6.07, 6.45) is 3.27. The summed E-state index contributed by atoms with van der Waals surface area (Å²) in [5.74, 6) is 0.271. The van der Waals surface area contributed by atoms with Crippen LogP contribution in [0.5, 0.6) is 5.75 Å². The number of rotatable bonds is 5. The molecule has 1 heterocycles. The van der Waals surface area contributed by atoms with E-state index in [1.165, 1.54) is 0 Å². The van der Waals surface area contributed by atoms with E-state index in [0.717, 1.165) is 0 Å². The lowest BCUT2D eigenvalue weighted by molar-refractivity contribution is 0.0298. The number of aromatic nitrogens is 2. The van der Waals surface area contributed by atoms with Crippen LogP contribution in [-0.4, -0.2) is 29.0 Å². The smallest absolute Gasteiger partial charge is 0.338 e. The largest absolute Gasteiger partial charge is 0.497 e. The van der Waals surface area contributed by atoms with E-state index in [0.29, 0.717) is 17.9 Å². The van der Waals surface area contributed by atoms with Crippen LogP contribution in [0.15, 0.2) is 42.7 Å². The zero-order chi connectivity index (χ0) is 13.7. The number of nitrogens with zero attached hydrogens (tertiary/aromatic N) is 2. The molecule has 2 rings (SSSR count). The minimum absolute atomic E-state index is 0.251. The fraction of sp³-hybridized carbons (Fsp3) is 0.286. The zero-order valence-electron chi connectivity index (χ0n) is 10.9. The summed E-state index contributed by atoms with van der Waals surface area (Å²) >= 11 is 0. The average Bonchev–Trinajstić information content (AvgIpc) is 2.91. The van der Waals surface area contributed by atoms with Crippen molar-refractivity contribution in [2.75, 3.05) is 7.11 Å². The Morgan fingerprint density at radius 2 is 2.26 bits per heavy atom. The number of methoxy groups -OCH3 is 1. The molecule has 0 N–H and O–H groups in total. The van der Waals surface area contributed by atoms with E-state index in [1.54, 1.807) is 42.3 Å². The van der Waals surface area contributed by atoms with E-state index in [4.69, 9.17) is 9.47 Å². The van der Waals surface area contributed by atoms with Gasteiger partial charge in [-0.1, -0.05) is 6.07 Å². The van der Waals surface area contributed by atoms with Gasteiger partial charge < -0.3 is 9.47 Å². The lowest BCUT2D eigenvalue weighted by Crippen LogP contribution is -2.21. The van der Waals surface area contributed by atoms with E-state index < -0.39 is 0 Å². The first-order valence-electron chi connectivity index (χ1n) is 6.01. The van der Waals surface area contributed by atoms with Crippen LogP contribution in [-0.2, 0) is 11.3 Å². The highest BCUT2D eigenvalue weighted by Crippen LogP contribution is 2.14. The average molecular weight is 260 g/mol. The number of ether oxygens (including phenoxy) is 2. The summed E-state index contributed by atoms with van der Waals surface area (Å²) in [4.78, 5) is 11.9. The highest BCUT2D eigenvalue weighted by atomic mass is 16.5. The van der Waals surface area contributed by atoms with Crippen molar-refractivity contribution in [2.24, 2.45) is 0 Å². The van der Waals surface area contributed by atoms with Gasteiger partial charge in [-0.05, 0) is 31.2 Å². The Balaban J connectivity index is 1.96. The highest BCUT2D eigenvalue weighted by molar-refractivity contribution is 5.89. The molecule has 0 fully saturated rings. The van der Waals surface area contributed by atoms with Crippen molar-refractivity contribution < 1.29 is 14.3 Å². The number of hydrogen-bond acceptors (Lipinski definition) is 4. The van der Waals surface area contributed by atoms with Crippen LogP contribution in [0.2, 0.25) is 0 Å². The van der Waals surface area contributed by atoms with Gasteiger partial charge >= 0.3 is 5.97 Å². The molecular weight excluding hydrogens is 244 g/mol. The standard InChI is InChI=1S/C14H16N2O3/c1-11(10-16-8-4-7-15-16)19-14(17)12-5-3-6-13(9-12)18-2/h3-9,11H,10H2,1-2H3. The Morgan fingerprint density at radius 3 is 2.95 bits per heavy atom. The van der Waals surface area contributed by atoms with Gasteiger partial charge in [0.05, 0.1) is 19.2 Å². The minimum Gasteiger partial charge on any atom is -0.497 e. The quantitative estimate of drug-likeness (QED) is 0.773. The Kier molecular flexibility index (Phi) is 4.18. The molecule has 1 unspecified atom stereocenters. The second kappa shape index (κ2) is 6.04. The van der Waals surface area contributed by atoms with Crippen LogP contribution in [0, 0.1) is 0 Å². The first-order valence-corrected chi connectivity index (χ1v) is 6.01. The fourth-order valence-electron chi connectivity index (χ4n) is 1.71. The van der Waals surface area contributed by atoms with Crippen LogP contribution in [0.25, 0.3) is 0 Å². The summed E-state index contributed by atoms with van der Waals surface area (Å²) in [6, 6.07) is 8.72. The van der Waals surface area contributed by atoms with Crippen molar-refractivity contribution >= 4 is 5.97 Å². The van der Waals surface area contributed by atoms with Crippen LogP contribution < -0.4 is 4.74 Å². The molecule has 0 saturated carbocycles. The second-order valence-corrected chi connectivity index (χ2v) is 4.18. The molecular formula is C14H16N2O3. The number of carbonyl (C=O) groups excluding carboxylic acids is 1. The number of esters is 1. The molecule has 2 aromatic rings. The maximum atomic E-state index is 11.9. The first-order chi connectivity index (χ1) is 9.19. The summed E-state index contributed by atoms with van der Waals surface area (Å²) in [6.45, 7) is 2.36. The molecule has 5 nitrogen and oxygen atoms in total. The molecule has 0 bridgehead atoms. The third kappa shape index (κ3) is 3.58. The number of carbonyl (C=O) groups is 1. The highest BCUT2D eigenvalue weighted by Gasteiger charge is 2.13. The first kappa shape index (κ1) is 13.1. The van der Waals surface area contributed by atoms with Crippen molar-refractivity contribution in [3.63, 3.8) is 0 Å². The number of benzene rings is 1. The third-order valence-electron chi connectivity index (χ3n) is 2.62. The summed E-state index contributed by atoms with van der Waals surface area (Å²) in [5.41, 5.74) is 0.478. The molecule has 100 valence electrons. The maximum absolute atomic E-state index is 11.9. The van der Waals surface area contributed by atoms with Crippen molar-refractivity contribution in [2.45, 2.75) is 19.6 Å². The van der Waals surface area contributed by atoms with Gasteiger partial charge in [-0.3, -0.25) is 4.68 Å². The summed E-state index contributed by atoms with van der Waals surface area (Å²) < 4.78 is 12.2. The van der Waals surface area contributed by atoms with Gasteiger partial charge in [0, 0.05) is 12.4 Å². The topological polar surface area (TPSA) is 53.4 Å². The predicted octanol–water partition coefficient (Wildman–Crippen LogP) is 2.14. The summed E-state index contributed by atoms with van der Waals surface area (Å²) in [5, 5.41) is 4.07. The Morgan fingerprint density at radius 1 is 1.42 bits per heavy atom. The van der Waals surface area contributed by atoms with Crippen LogP contribution in [0.1, 0.15) is 17.3 Å². The SMILES string of the molecule is COc1cccc(C(=O)OC(C)Cn2cccn2)c1. The van der Waals surface area contributed by atoms with Crippen molar-refractivity contribution in [3.8, 4) is 5.75 Å². The predicted molar refractivity (Wildman–Crippen MR) is 70.1 cm³/mol. The molecule has 0 amide bonds. The molecule has 19 heavy (non-hydrogen) atoms. The van der Waals surface area contributed by atoms with Crippen LogP contribution in [0.4, 0.5) is 0 Å². The molecule has 0 saturated heterocycles. The van der Waals surface area contributed by atoms with Gasteiger partial charge in [0.25, 0.3) is 0 Å². The Labute approximate surface area is 111 Å². The minimum atomic E-state index is -0.362. The van der Waals surface area contributed by atoms with E-state index >= 15 is 0 Å². The van der Waals surface area contributed by atoms with E-state index in [1.807, 2.05) is 19.2 Å². The Bertz CT molecular complexity index is 537. The van der Waals surface area contributed by atoms with Gasteiger partial charge in [0.1, 0.15) is 11.9 Å². The normalized spacial score (nSPS) is 11.9. The van der Waals surface area contributed by atoms with Gasteiger partial charge in [-0.25, -0.2) is 4.79 Å². The Hall–Kier alpha value is -2.30. The summed E-state index contributed by atoms with van der Waals surface area (Å²) in [7, 11) is 1.56. The van der Waals surface area contributed by atoms with Crippen molar-refractivity contribution in [3.05, 3.63) is 48.3 Å². The maximum Gasteiger partial charge on any atom is 0.338 e. The van der Waals surface area contributed by atoms with Gasteiger partial charge in [0.15, 0.2) is 0 Å². The molecule has 0 aliphatic rings. The molecule has 0 radical (unpaired) electrons. The molecule has 0 aliphatic carbocycles. The van der Waals surface area contributed by atoms with E-state index in [2.05, 4.69) is 5.10 Å². The monoisotopic (exact) mass is 260 g/mol. The van der Waals surface area contributed by atoms with Crippen LogP contribution >= 0.6 is 0 Å². The fourth-order valence-corrected chi connectivity index (χ4v) is 1.71. The van der Waals surface area contributed by atoms with E-state index in [9.17, 15) is 4.79 Å². The van der Waals surface area contributed by atoms with Crippen molar-refractivity contribution in [1.29, 1.82) is 0 Å². The third-order valence-corrected chi connectivity index (χ3v) is 2.62.